The molecule has 0 unspecified atom stereocenters. The molecule has 0 heterocycles. The Morgan fingerprint density at radius 2 is 1.86 bits per heavy atom. The van der Waals surface area contributed by atoms with Gasteiger partial charge in [-0.3, -0.25) is 4.79 Å². The molecule has 1 aromatic carbocycles. The summed E-state index contributed by atoms with van der Waals surface area (Å²) in [6.45, 7) is 0. The van der Waals surface area contributed by atoms with Crippen LogP contribution in [0.1, 0.15) is 18.4 Å². The van der Waals surface area contributed by atoms with Gasteiger partial charge in [0, 0.05) is 0 Å². The summed E-state index contributed by atoms with van der Waals surface area (Å²) in [4.78, 5) is 22.4. The Morgan fingerprint density at radius 3 is 2.33 bits per heavy atom. The molecule has 0 atom stereocenters. The molecule has 3 N–H and O–H groups in total. The summed E-state index contributed by atoms with van der Waals surface area (Å²) >= 11 is 0. The van der Waals surface area contributed by atoms with Crippen molar-refractivity contribution < 1.29 is 32.3 Å². The first-order valence-corrected chi connectivity index (χ1v) is 5.84. The van der Waals surface area contributed by atoms with Crippen molar-refractivity contribution in [1.29, 1.82) is 0 Å². The quantitative estimate of drug-likeness (QED) is 0.751. The van der Waals surface area contributed by atoms with Crippen LogP contribution in [0, 0.1) is 5.82 Å². The Kier molecular flexibility index (Phi) is 3.52. The summed E-state index contributed by atoms with van der Waals surface area (Å²) in [7, 11) is 0. The summed E-state index contributed by atoms with van der Waals surface area (Å²) in [5, 5.41) is 12.6. The maximum atomic E-state index is 13.7. The third-order valence-electron chi connectivity index (χ3n) is 3.08. The molecule has 2 rings (SSSR count). The summed E-state index contributed by atoms with van der Waals surface area (Å²) in [6.07, 6.45) is -5.93. The van der Waals surface area contributed by atoms with Gasteiger partial charge >= 0.3 is 12.3 Å². The van der Waals surface area contributed by atoms with Gasteiger partial charge in [0.2, 0.25) is 5.91 Å². The summed E-state index contributed by atoms with van der Waals surface area (Å²) in [5.41, 5.74) is -3.54. The molecule has 21 heavy (non-hydrogen) atoms. The van der Waals surface area contributed by atoms with Gasteiger partial charge in [-0.25, -0.2) is 9.18 Å². The van der Waals surface area contributed by atoms with Crippen molar-refractivity contribution in [2.24, 2.45) is 0 Å². The molecule has 0 spiro atoms. The molecule has 1 aromatic rings. The highest BCUT2D eigenvalue weighted by Gasteiger charge is 2.51. The maximum Gasteiger partial charge on any atom is 0.419 e. The van der Waals surface area contributed by atoms with E-state index in [0.717, 1.165) is 12.1 Å². The van der Waals surface area contributed by atoms with Crippen molar-refractivity contribution >= 4 is 17.7 Å². The molecule has 0 aliphatic heterocycles. The number of carbonyl (C=O) groups is 2. The highest BCUT2D eigenvalue weighted by Crippen LogP contribution is 2.38. The summed E-state index contributed by atoms with van der Waals surface area (Å²) in [6, 6.07) is 2.47. The number of rotatable bonds is 3. The molecule has 1 saturated carbocycles. The van der Waals surface area contributed by atoms with Gasteiger partial charge in [-0.15, -0.1) is 0 Å². The van der Waals surface area contributed by atoms with E-state index in [1.54, 1.807) is 0 Å². The number of benzene rings is 1. The zero-order valence-corrected chi connectivity index (χ0v) is 10.4. The normalized spacial score (nSPS) is 16.2. The average Bonchev–Trinajstić information content (AvgIpc) is 3.10. The molecule has 1 fully saturated rings. The Hall–Kier alpha value is -2.32. The van der Waals surface area contributed by atoms with Crippen LogP contribution < -0.4 is 10.6 Å². The van der Waals surface area contributed by atoms with Gasteiger partial charge in [0.05, 0.1) is 11.3 Å². The number of anilines is 1. The van der Waals surface area contributed by atoms with Crippen molar-refractivity contribution in [3.8, 4) is 0 Å². The highest BCUT2D eigenvalue weighted by atomic mass is 19.4. The minimum Gasteiger partial charge on any atom is -0.465 e. The minimum atomic E-state index is -4.89. The molecule has 9 heteroatoms. The van der Waals surface area contributed by atoms with Gasteiger partial charge in [-0.2, -0.15) is 13.2 Å². The van der Waals surface area contributed by atoms with Crippen LogP contribution in [0.15, 0.2) is 18.2 Å². The van der Waals surface area contributed by atoms with Gasteiger partial charge < -0.3 is 15.7 Å². The minimum absolute atomic E-state index is 0.200. The van der Waals surface area contributed by atoms with Crippen molar-refractivity contribution in [1.82, 2.24) is 5.32 Å². The van der Waals surface area contributed by atoms with Crippen LogP contribution in [0.4, 0.5) is 28.0 Å². The van der Waals surface area contributed by atoms with Gasteiger partial charge in [0.15, 0.2) is 5.82 Å². The highest BCUT2D eigenvalue weighted by molar-refractivity contribution is 6.02. The second-order valence-electron chi connectivity index (χ2n) is 4.63. The molecule has 114 valence electrons. The fourth-order valence-electron chi connectivity index (χ4n) is 1.83. The molecule has 5 nitrogen and oxygen atoms in total. The van der Waals surface area contributed by atoms with Crippen LogP contribution >= 0.6 is 0 Å². The smallest absolute Gasteiger partial charge is 0.419 e. The molecule has 0 bridgehead atoms. The van der Waals surface area contributed by atoms with Crippen LogP contribution in [0.2, 0.25) is 0 Å². The van der Waals surface area contributed by atoms with Crippen molar-refractivity contribution in [2.75, 3.05) is 5.32 Å². The number of carboxylic acid groups (broad SMARTS) is 1. The lowest BCUT2D eigenvalue weighted by atomic mass is 10.1. The van der Waals surface area contributed by atoms with E-state index in [9.17, 15) is 27.2 Å². The lowest BCUT2D eigenvalue weighted by Gasteiger charge is -2.16. The van der Waals surface area contributed by atoms with Gasteiger partial charge in [0.25, 0.3) is 0 Å². The Balaban J connectivity index is 2.21. The summed E-state index contributed by atoms with van der Waals surface area (Å²) < 4.78 is 51.4. The largest absolute Gasteiger partial charge is 0.465 e. The molecule has 0 radical (unpaired) electrons. The van der Waals surface area contributed by atoms with E-state index in [1.807, 2.05) is 10.6 Å². The van der Waals surface area contributed by atoms with Crippen LogP contribution in [0.25, 0.3) is 0 Å². The third-order valence-corrected chi connectivity index (χ3v) is 3.08. The second kappa shape index (κ2) is 4.90. The predicted octanol–water partition coefficient (Wildman–Crippen LogP) is 2.58. The first kappa shape index (κ1) is 15.1. The molecule has 2 amide bonds. The Labute approximate surface area is 115 Å². The van der Waals surface area contributed by atoms with E-state index in [4.69, 9.17) is 5.11 Å². The Bertz CT molecular complexity index is 597. The van der Waals surface area contributed by atoms with E-state index in [-0.39, 0.29) is 12.8 Å². The topological polar surface area (TPSA) is 78.4 Å². The molecule has 1 aliphatic carbocycles. The van der Waals surface area contributed by atoms with Gasteiger partial charge in [-0.1, -0.05) is 6.07 Å². The Morgan fingerprint density at radius 1 is 1.24 bits per heavy atom. The number of hydrogen-bond donors (Lipinski definition) is 3. The molecular weight excluding hydrogens is 296 g/mol. The van der Waals surface area contributed by atoms with E-state index in [1.165, 1.54) is 0 Å². The SMILES string of the molecule is O=C(O)NC1(C(=O)Nc2cccc(C(F)(F)F)c2F)CC1. The van der Waals surface area contributed by atoms with Crippen LogP contribution in [0.3, 0.4) is 0 Å². The monoisotopic (exact) mass is 306 g/mol. The molecule has 0 saturated heterocycles. The second-order valence-corrected chi connectivity index (χ2v) is 4.63. The van der Waals surface area contributed by atoms with Crippen LogP contribution in [-0.2, 0) is 11.0 Å². The number of amides is 2. The van der Waals surface area contributed by atoms with E-state index >= 15 is 0 Å². The fourth-order valence-corrected chi connectivity index (χ4v) is 1.83. The van der Waals surface area contributed by atoms with E-state index < -0.39 is 40.8 Å². The number of nitrogens with one attached hydrogen (secondary N) is 2. The number of halogens is 4. The lowest BCUT2D eigenvalue weighted by Crippen LogP contribution is -2.45. The molecule has 1 aliphatic rings. The zero-order valence-electron chi connectivity index (χ0n) is 10.4. The standard InChI is InChI=1S/C12H10F4N2O3/c13-8-6(12(14,15)16)2-1-3-7(8)17-9(19)11(4-5-11)18-10(20)21/h1-3,18H,4-5H2,(H,17,19)(H,20,21). The maximum absolute atomic E-state index is 13.7. The van der Waals surface area contributed by atoms with Crippen molar-refractivity contribution in [3.63, 3.8) is 0 Å². The van der Waals surface area contributed by atoms with E-state index in [2.05, 4.69) is 0 Å². The van der Waals surface area contributed by atoms with E-state index in [0.29, 0.717) is 6.07 Å². The lowest BCUT2D eigenvalue weighted by molar-refractivity contribution is -0.140. The number of alkyl halides is 3. The number of carbonyl (C=O) groups excluding carboxylic acids is 1. The first-order valence-electron chi connectivity index (χ1n) is 5.84. The van der Waals surface area contributed by atoms with Gasteiger partial charge in [0.1, 0.15) is 5.54 Å². The molecule has 0 aromatic heterocycles. The van der Waals surface area contributed by atoms with Gasteiger partial charge in [-0.05, 0) is 25.0 Å². The van der Waals surface area contributed by atoms with Crippen LogP contribution in [-0.4, -0.2) is 22.6 Å². The zero-order chi connectivity index (χ0) is 15.8. The summed E-state index contributed by atoms with van der Waals surface area (Å²) in [5.74, 6) is -2.49. The predicted molar refractivity (Wildman–Crippen MR) is 63.2 cm³/mol. The van der Waals surface area contributed by atoms with Crippen molar-refractivity contribution in [2.45, 2.75) is 24.6 Å². The first-order chi connectivity index (χ1) is 9.66. The average molecular weight is 306 g/mol. The fraction of sp³-hybridized carbons (Fsp3) is 0.333. The third kappa shape index (κ3) is 3.06. The van der Waals surface area contributed by atoms with Crippen molar-refractivity contribution in [3.05, 3.63) is 29.6 Å². The molecular formula is C12H10F4N2O3. The number of hydrogen-bond acceptors (Lipinski definition) is 2. The van der Waals surface area contributed by atoms with Crippen LogP contribution in [0.5, 0.6) is 0 Å².